The van der Waals surface area contributed by atoms with E-state index in [2.05, 4.69) is 10.5 Å². The molecule has 1 aromatic rings. The van der Waals surface area contributed by atoms with Crippen molar-refractivity contribution in [3.8, 4) is 0 Å². The van der Waals surface area contributed by atoms with Crippen molar-refractivity contribution in [1.29, 1.82) is 0 Å². The molecule has 5 heteroatoms. The van der Waals surface area contributed by atoms with Gasteiger partial charge in [0.15, 0.2) is 0 Å². The van der Waals surface area contributed by atoms with Gasteiger partial charge in [0.2, 0.25) is 5.91 Å². The van der Waals surface area contributed by atoms with Gasteiger partial charge in [-0.3, -0.25) is 4.79 Å². The molecule has 0 unspecified atom stereocenters. The molecular weight excluding hydrogens is 220 g/mol. The van der Waals surface area contributed by atoms with Crippen LogP contribution in [-0.2, 0) is 9.53 Å². The molecule has 0 saturated carbocycles. The fourth-order valence-corrected chi connectivity index (χ4v) is 1.34. The largest absolute Gasteiger partial charge is 0.411 e. The zero-order valence-electron chi connectivity index (χ0n) is 9.93. The molecule has 0 spiro atoms. The summed E-state index contributed by atoms with van der Waals surface area (Å²) in [5, 5.41) is 14.6. The Labute approximate surface area is 100 Å². The number of oxime groups is 1. The minimum Gasteiger partial charge on any atom is -0.411 e. The van der Waals surface area contributed by atoms with Crippen molar-refractivity contribution < 1.29 is 14.7 Å². The number of nitrogens with zero attached hydrogens (tertiary/aromatic N) is 1. The van der Waals surface area contributed by atoms with Crippen molar-refractivity contribution in [1.82, 2.24) is 0 Å². The Hall–Kier alpha value is -1.88. The second kappa shape index (κ2) is 6.65. The molecule has 92 valence electrons. The summed E-state index contributed by atoms with van der Waals surface area (Å²) in [6.45, 7) is 3.99. The van der Waals surface area contributed by atoms with Gasteiger partial charge in [0.25, 0.3) is 0 Å². The van der Waals surface area contributed by atoms with Crippen LogP contribution in [0, 0.1) is 0 Å². The molecule has 1 aromatic carbocycles. The van der Waals surface area contributed by atoms with Crippen molar-refractivity contribution in [2.45, 2.75) is 13.8 Å². The number of anilines is 1. The van der Waals surface area contributed by atoms with E-state index in [1.807, 2.05) is 13.0 Å². The van der Waals surface area contributed by atoms with Gasteiger partial charge in [0.05, 0.1) is 5.71 Å². The summed E-state index contributed by atoms with van der Waals surface area (Å²) < 4.78 is 5.00. The quantitative estimate of drug-likeness (QED) is 0.465. The average Bonchev–Trinajstić information content (AvgIpc) is 2.36. The van der Waals surface area contributed by atoms with Crippen LogP contribution in [0.5, 0.6) is 0 Å². The summed E-state index contributed by atoms with van der Waals surface area (Å²) in [4.78, 5) is 11.5. The van der Waals surface area contributed by atoms with E-state index in [9.17, 15) is 4.79 Å². The molecule has 0 aliphatic carbocycles. The van der Waals surface area contributed by atoms with E-state index >= 15 is 0 Å². The van der Waals surface area contributed by atoms with Crippen molar-refractivity contribution in [2.75, 3.05) is 18.5 Å². The number of nitrogens with one attached hydrogen (secondary N) is 1. The van der Waals surface area contributed by atoms with Crippen molar-refractivity contribution in [3.63, 3.8) is 0 Å². The van der Waals surface area contributed by atoms with Crippen molar-refractivity contribution in [3.05, 3.63) is 29.8 Å². The Morgan fingerprint density at radius 1 is 1.47 bits per heavy atom. The minimum atomic E-state index is -0.231. The highest BCUT2D eigenvalue weighted by atomic mass is 16.5. The summed E-state index contributed by atoms with van der Waals surface area (Å²) in [6, 6.07) is 7.12. The van der Waals surface area contributed by atoms with E-state index in [0.717, 1.165) is 0 Å². The van der Waals surface area contributed by atoms with Gasteiger partial charge < -0.3 is 15.3 Å². The molecule has 1 amide bonds. The second-order valence-electron chi connectivity index (χ2n) is 3.42. The monoisotopic (exact) mass is 236 g/mol. The lowest BCUT2D eigenvalue weighted by molar-refractivity contribution is -0.120. The van der Waals surface area contributed by atoms with E-state index in [0.29, 0.717) is 23.6 Å². The van der Waals surface area contributed by atoms with Gasteiger partial charge in [-0.2, -0.15) is 0 Å². The fraction of sp³-hybridized carbons (Fsp3) is 0.333. The van der Waals surface area contributed by atoms with E-state index in [4.69, 9.17) is 9.94 Å². The standard InChI is InChI=1S/C12H16N2O3/c1-3-17-8-12(15)13-11-7-5-4-6-10(11)9(2)14-16/h4-7,16H,3,8H2,1-2H3,(H,13,15)/b14-9+. The Morgan fingerprint density at radius 2 is 2.18 bits per heavy atom. The number of benzene rings is 1. The van der Waals surface area contributed by atoms with Crippen LogP contribution in [0.3, 0.4) is 0 Å². The maximum atomic E-state index is 11.5. The summed E-state index contributed by atoms with van der Waals surface area (Å²) >= 11 is 0. The van der Waals surface area contributed by atoms with Gasteiger partial charge in [-0.25, -0.2) is 0 Å². The van der Waals surface area contributed by atoms with Gasteiger partial charge in [-0.1, -0.05) is 23.4 Å². The van der Waals surface area contributed by atoms with Gasteiger partial charge in [-0.05, 0) is 19.9 Å². The molecule has 0 aliphatic heterocycles. The average molecular weight is 236 g/mol. The molecule has 0 bridgehead atoms. The molecule has 0 aromatic heterocycles. The van der Waals surface area contributed by atoms with Crippen molar-refractivity contribution in [2.24, 2.45) is 5.16 Å². The molecule has 0 saturated heterocycles. The van der Waals surface area contributed by atoms with Crippen molar-refractivity contribution >= 4 is 17.3 Å². The third-order valence-electron chi connectivity index (χ3n) is 2.18. The van der Waals surface area contributed by atoms with Crippen LogP contribution in [-0.4, -0.2) is 30.0 Å². The lowest BCUT2D eigenvalue weighted by atomic mass is 10.1. The molecule has 0 fully saturated rings. The number of hydrogen-bond acceptors (Lipinski definition) is 4. The Balaban J connectivity index is 2.80. The summed E-state index contributed by atoms with van der Waals surface area (Å²) in [5.41, 5.74) is 1.73. The van der Waals surface area contributed by atoms with Crippen LogP contribution in [0.1, 0.15) is 19.4 Å². The summed E-state index contributed by atoms with van der Waals surface area (Å²) in [6.07, 6.45) is 0. The lowest BCUT2D eigenvalue weighted by Crippen LogP contribution is -2.19. The Morgan fingerprint density at radius 3 is 2.82 bits per heavy atom. The molecular formula is C12H16N2O3. The molecule has 0 atom stereocenters. The lowest BCUT2D eigenvalue weighted by Gasteiger charge is -2.09. The van der Waals surface area contributed by atoms with Gasteiger partial charge in [-0.15, -0.1) is 0 Å². The minimum absolute atomic E-state index is 0.0140. The van der Waals surface area contributed by atoms with Crippen LogP contribution in [0.15, 0.2) is 29.4 Å². The molecule has 0 aliphatic rings. The zero-order chi connectivity index (χ0) is 12.7. The first-order valence-corrected chi connectivity index (χ1v) is 5.34. The van der Waals surface area contributed by atoms with E-state index in [1.165, 1.54) is 0 Å². The predicted molar refractivity (Wildman–Crippen MR) is 65.6 cm³/mol. The molecule has 0 heterocycles. The number of amides is 1. The maximum Gasteiger partial charge on any atom is 0.250 e. The fourth-order valence-electron chi connectivity index (χ4n) is 1.34. The van der Waals surface area contributed by atoms with Gasteiger partial charge >= 0.3 is 0 Å². The van der Waals surface area contributed by atoms with Gasteiger partial charge in [0, 0.05) is 17.9 Å². The maximum absolute atomic E-state index is 11.5. The number of ether oxygens (including phenoxy) is 1. The molecule has 17 heavy (non-hydrogen) atoms. The van der Waals surface area contributed by atoms with Gasteiger partial charge in [0.1, 0.15) is 6.61 Å². The molecule has 0 radical (unpaired) electrons. The number of hydrogen-bond donors (Lipinski definition) is 2. The summed E-state index contributed by atoms with van der Waals surface area (Å²) in [7, 11) is 0. The number of carbonyl (C=O) groups is 1. The van der Waals surface area contributed by atoms with E-state index in [-0.39, 0.29) is 12.5 Å². The third-order valence-corrected chi connectivity index (χ3v) is 2.18. The zero-order valence-corrected chi connectivity index (χ0v) is 9.93. The second-order valence-corrected chi connectivity index (χ2v) is 3.42. The molecule has 1 rings (SSSR count). The highest BCUT2D eigenvalue weighted by Gasteiger charge is 2.08. The predicted octanol–water partition coefficient (Wildman–Crippen LogP) is 1.86. The van der Waals surface area contributed by atoms with Crippen LogP contribution in [0.25, 0.3) is 0 Å². The van der Waals surface area contributed by atoms with Crippen LogP contribution in [0.4, 0.5) is 5.69 Å². The first kappa shape index (κ1) is 13.2. The van der Waals surface area contributed by atoms with Crippen LogP contribution in [0.2, 0.25) is 0 Å². The smallest absolute Gasteiger partial charge is 0.250 e. The SMILES string of the molecule is CCOCC(=O)Nc1ccccc1/C(C)=N/O. The highest BCUT2D eigenvalue weighted by molar-refractivity contribution is 6.06. The summed E-state index contributed by atoms with van der Waals surface area (Å²) in [5.74, 6) is -0.231. The first-order valence-electron chi connectivity index (χ1n) is 5.34. The van der Waals surface area contributed by atoms with E-state index < -0.39 is 0 Å². The first-order chi connectivity index (χ1) is 8.19. The molecule has 2 N–H and O–H groups in total. The normalized spacial score (nSPS) is 11.3. The number of para-hydroxylation sites is 1. The molecule has 5 nitrogen and oxygen atoms in total. The number of rotatable bonds is 5. The topological polar surface area (TPSA) is 70.9 Å². The number of carbonyl (C=O) groups excluding carboxylic acids is 1. The third kappa shape index (κ3) is 3.88. The van der Waals surface area contributed by atoms with E-state index in [1.54, 1.807) is 25.1 Å². The van der Waals surface area contributed by atoms with Crippen LogP contribution >= 0.6 is 0 Å². The highest BCUT2D eigenvalue weighted by Crippen LogP contribution is 2.15. The Kier molecular flexibility index (Phi) is 5.16. The Bertz CT molecular complexity index is 416. The van der Waals surface area contributed by atoms with Crippen LogP contribution < -0.4 is 5.32 Å².